The van der Waals surface area contributed by atoms with E-state index < -0.39 is 48.1 Å². The molecule has 0 unspecified atom stereocenters. The van der Waals surface area contributed by atoms with Crippen LogP contribution >= 0.6 is 11.3 Å². The largest absolute Gasteiger partial charge is 0.469 e. The van der Waals surface area contributed by atoms with E-state index in [4.69, 9.17) is 14.2 Å². The van der Waals surface area contributed by atoms with Crippen LogP contribution in [0, 0.1) is 11.8 Å². The highest BCUT2D eigenvalue weighted by Crippen LogP contribution is 2.44. The fraction of sp³-hybridized carbons (Fsp3) is 0.435. The zero-order valence-electron chi connectivity index (χ0n) is 34.9. The van der Waals surface area contributed by atoms with Gasteiger partial charge in [0.05, 0.1) is 13.0 Å². The van der Waals surface area contributed by atoms with Crippen LogP contribution in [0.4, 0.5) is 4.79 Å². The molecule has 1 aliphatic rings. The molecule has 3 aromatic carbocycles. The summed E-state index contributed by atoms with van der Waals surface area (Å²) in [5, 5.41) is 7.89. The van der Waals surface area contributed by atoms with E-state index in [9.17, 15) is 24.0 Å². The van der Waals surface area contributed by atoms with Crippen LogP contribution in [0.1, 0.15) is 105 Å². The minimum absolute atomic E-state index is 0.0861. The maximum Gasteiger partial charge on any atom is 0.407 e. The van der Waals surface area contributed by atoms with Crippen molar-refractivity contribution in [1.82, 2.24) is 20.5 Å². The third kappa shape index (κ3) is 11.6. The second kappa shape index (κ2) is 20.9. The molecule has 0 radical (unpaired) electrons. The molecule has 0 bridgehead atoms. The van der Waals surface area contributed by atoms with Gasteiger partial charge in [0.1, 0.15) is 23.4 Å². The Morgan fingerprint density at radius 3 is 2.08 bits per heavy atom. The number of rotatable bonds is 19. The Kier molecular flexibility index (Phi) is 15.8. The molecule has 13 heteroatoms. The van der Waals surface area contributed by atoms with Crippen LogP contribution in [-0.4, -0.2) is 78.6 Å². The lowest BCUT2D eigenvalue weighted by atomic mass is 9.95. The van der Waals surface area contributed by atoms with Crippen LogP contribution in [0.5, 0.6) is 0 Å². The zero-order valence-corrected chi connectivity index (χ0v) is 35.8. The maximum absolute atomic E-state index is 14.2. The summed E-state index contributed by atoms with van der Waals surface area (Å²) < 4.78 is 16.5. The van der Waals surface area contributed by atoms with E-state index in [-0.39, 0.29) is 42.4 Å². The van der Waals surface area contributed by atoms with Gasteiger partial charge in [0.25, 0.3) is 5.91 Å². The molecule has 1 aliphatic carbocycles. The van der Waals surface area contributed by atoms with E-state index in [0.717, 1.165) is 27.8 Å². The molecule has 0 aliphatic heterocycles. The van der Waals surface area contributed by atoms with Gasteiger partial charge in [-0.3, -0.25) is 19.2 Å². The van der Waals surface area contributed by atoms with E-state index in [2.05, 4.69) is 39.9 Å². The number of alkyl carbamates (subject to hydrolysis) is 1. The van der Waals surface area contributed by atoms with Crippen LogP contribution in [0.15, 0.2) is 84.2 Å². The summed E-state index contributed by atoms with van der Waals surface area (Å²) in [5.41, 5.74) is 5.57. The third-order valence-electron chi connectivity index (χ3n) is 10.8. The molecular formula is C46H56N4O8S. The van der Waals surface area contributed by atoms with Crippen molar-refractivity contribution in [2.45, 2.75) is 96.9 Å². The monoisotopic (exact) mass is 824 g/mol. The molecule has 5 rings (SSSR count). The fourth-order valence-electron chi connectivity index (χ4n) is 7.85. The Bertz CT molecular complexity index is 2020. The van der Waals surface area contributed by atoms with Gasteiger partial charge >= 0.3 is 18.0 Å². The van der Waals surface area contributed by atoms with Gasteiger partial charge in [-0.1, -0.05) is 113 Å². The molecule has 4 aromatic rings. The molecule has 314 valence electrons. The highest BCUT2D eigenvalue weighted by Gasteiger charge is 2.35. The number of hydrogen-bond donors (Lipinski definition) is 2. The Balaban J connectivity index is 1.26. The van der Waals surface area contributed by atoms with Gasteiger partial charge in [0, 0.05) is 43.8 Å². The molecule has 0 saturated carbocycles. The summed E-state index contributed by atoms with van der Waals surface area (Å²) in [4.78, 5) is 72.0. The molecule has 59 heavy (non-hydrogen) atoms. The van der Waals surface area contributed by atoms with Crippen molar-refractivity contribution < 1.29 is 38.2 Å². The molecule has 12 nitrogen and oxygen atoms in total. The van der Waals surface area contributed by atoms with E-state index in [1.54, 1.807) is 24.3 Å². The minimum atomic E-state index is -0.860. The van der Waals surface area contributed by atoms with Crippen molar-refractivity contribution in [2.24, 2.45) is 11.8 Å². The van der Waals surface area contributed by atoms with E-state index in [1.807, 2.05) is 75.4 Å². The number of esters is 2. The normalized spacial score (nSPS) is 14.5. The average molecular weight is 825 g/mol. The fourth-order valence-corrected chi connectivity index (χ4v) is 8.69. The number of ether oxygens (including phenoxy) is 3. The number of carbonyl (C=O) groups is 5. The molecule has 0 saturated heterocycles. The summed E-state index contributed by atoms with van der Waals surface area (Å²) in [6.07, 6.45) is 0.531. The topological polar surface area (TPSA) is 153 Å². The first-order chi connectivity index (χ1) is 28.3. The molecule has 2 N–H and O–H groups in total. The van der Waals surface area contributed by atoms with E-state index in [1.165, 1.54) is 25.4 Å². The summed E-state index contributed by atoms with van der Waals surface area (Å²) in [6, 6.07) is 24.2. The number of nitrogens with zero attached hydrogens (tertiary/aromatic N) is 2. The Morgan fingerprint density at radius 2 is 1.49 bits per heavy atom. The standard InChI is InChI=1S/C46H56N4O8S/c1-8-16-38(49-46(55)57-26-37-35-21-14-12-19-33(35)34-20-13-15-22-36(34)37)44(53)50(6)40(28(2)3)25-41(58-30(5)51)43-48-39(27-59-43)42(52)47-32(23-29(4)45(54)56-7)24-31-17-10-9-11-18-31/h9-15,17-22,27-29,32,37-38,40-41H,8,16,23-26H2,1-7H3,(H,47,52)(H,49,55)/t29-,32+,38-,40+,41+/m0/s1. The van der Waals surface area contributed by atoms with Gasteiger partial charge in [-0.25, -0.2) is 9.78 Å². The van der Waals surface area contributed by atoms with Gasteiger partial charge in [0.15, 0.2) is 6.10 Å². The Morgan fingerprint density at radius 1 is 0.864 bits per heavy atom. The number of hydrogen-bond acceptors (Lipinski definition) is 10. The SMILES string of the molecule is CCC[C@H](NC(=O)OCC1c2ccccc2-c2ccccc21)C(=O)N(C)[C@H](C[C@@H](OC(C)=O)c1nc(C(=O)N[C@@H](Cc2ccccc2)C[C@H](C)C(=O)OC)cs1)C(C)C. The van der Waals surface area contributed by atoms with E-state index in [0.29, 0.717) is 30.7 Å². The Labute approximate surface area is 351 Å². The average Bonchev–Trinajstić information content (AvgIpc) is 3.84. The summed E-state index contributed by atoms with van der Waals surface area (Å²) in [6.45, 7) is 9.06. The quantitative estimate of drug-likeness (QED) is 0.0711. The van der Waals surface area contributed by atoms with Crippen molar-refractivity contribution in [1.29, 1.82) is 0 Å². The summed E-state index contributed by atoms with van der Waals surface area (Å²) in [5.74, 6) is -2.29. The van der Waals surface area contributed by atoms with Crippen molar-refractivity contribution in [3.8, 4) is 11.1 Å². The smallest absolute Gasteiger partial charge is 0.407 e. The van der Waals surface area contributed by atoms with Gasteiger partial charge < -0.3 is 29.7 Å². The van der Waals surface area contributed by atoms with Crippen LogP contribution < -0.4 is 10.6 Å². The predicted octanol–water partition coefficient (Wildman–Crippen LogP) is 7.87. The first-order valence-electron chi connectivity index (χ1n) is 20.2. The lowest BCUT2D eigenvalue weighted by Gasteiger charge is -2.35. The van der Waals surface area contributed by atoms with Gasteiger partial charge in [0.2, 0.25) is 5.91 Å². The number of fused-ring (bicyclic) bond motifs is 3. The number of carbonyl (C=O) groups excluding carboxylic acids is 5. The first-order valence-corrected chi connectivity index (χ1v) is 21.1. The molecule has 0 fully saturated rings. The van der Waals surface area contributed by atoms with Crippen molar-refractivity contribution >= 4 is 41.2 Å². The van der Waals surface area contributed by atoms with Crippen LogP contribution in [0.25, 0.3) is 11.1 Å². The predicted molar refractivity (Wildman–Crippen MR) is 227 cm³/mol. The van der Waals surface area contributed by atoms with Crippen LogP contribution in [-0.2, 0) is 35.0 Å². The van der Waals surface area contributed by atoms with Crippen LogP contribution in [0.3, 0.4) is 0 Å². The van der Waals surface area contributed by atoms with Crippen molar-refractivity contribution in [3.63, 3.8) is 0 Å². The maximum atomic E-state index is 14.2. The second-order valence-electron chi connectivity index (χ2n) is 15.5. The van der Waals surface area contributed by atoms with Gasteiger partial charge in [-0.15, -0.1) is 11.3 Å². The number of aromatic nitrogens is 1. The molecular weight excluding hydrogens is 769 g/mol. The molecule has 1 aromatic heterocycles. The number of thiazole rings is 1. The number of amides is 3. The van der Waals surface area contributed by atoms with E-state index >= 15 is 0 Å². The number of benzene rings is 3. The van der Waals surface area contributed by atoms with Crippen molar-refractivity contribution in [2.75, 3.05) is 20.8 Å². The van der Waals surface area contributed by atoms with Crippen LogP contribution in [0.2, 0.25) is 0 Å². The number of likely N-dealkylation sites (N-methyl/N-ethyl adjacent to an activating group) is 1. The lowest BCUT2D eigenvalue weighted by Crippen LogP contribution is -2.52. The number of nitrogens with one attached hydrogen (secondary N) is 2. The highest BCUT2D eigenvalue weighted by molar-refractivity contribution is 7.09. The molecule has 1 heterocycles. The molecule has 0 spiro atoms. The Hall–Kier alpha value is -5.56. The van der Waals surface area contributed by atoms with Gasteiger partial charge in [-0.05, 0) is 53.0 Å². The lowest BCUT2D eigenvalue weighted by molar-refractivity contribution is -0.149. The first kappa shape index (κ1) is 44.5. The molecule has 3 amide bonds. The highest BCUT2D eigenvalue weighted by atomic mass is 32.1. The number of methoxy groups -OCH3 is 1. The summed E-state index contributed by atoms with van der Waals surface area (Å²) >= 11 is 1.19. The third-order valence-corrected chi connectivity index (χ3v) is 11.8. The second-order valence-corrected chi connectivity index (χ2v) is 16.4. The summed E-state index contributed by atoms with van der Waals surface area (Å²) in [7, 11) is 3.02. The zero-order chi connectivity index (χ0) is 42.6. The van der Waals surface area contributed by atoms with Crippen molar-refractivity contribution in [3.05, 3.63) is 112 Å². The molecule has 5 atom stereocenters. The van der Waals surface area contributed by atoms with Gasteiger partial charge in [-0.2, -0.15) is 0 Å². The minimum Gasteiger partial charge on any atom is -0.469 e.